The third-order valence-electron chi connectivity index (χ3n) is 4.70. The van der Waals surface area contributed by atoms with Crippen LogP contribution in [-0.4, -0.2) is 87.2 Å². The van der Waals surface area contributed by atoms with Gasteiger partial charge in [0.2, 0.25) is 5.91 Å². The van der Waals surface area contributed by atoms with Gasteiger partial charge in [-0.2, -0.15) is 0 Å². The predicted molar refractivity (Wildman–Crippen MR) is 96.2 cm³/mol. The van der Waals surface area contributed by atoms with Crippen LogP contribution in [0.3, 0.4) is 0 Å². The third-order valence-corrected chi connectivity index (χ3v) is 4.70. The summed E-state index contributed by atoms with van der Waals surface area (Å²) in [5, 5.41) is 6.87. The van der Waals surface area contributed by atoms with Crippen molar-refractivity contribution in [2.24, 2.45) is 10.9 Å². The Hall–Kier alpha value is -1.34. The summed E-state index contributed by atoms with van der Waals surface area (Å²) in [4.78, 5) is 20.5. The van der Waals surface area contributed by atoms with Gasteiger partial charge in [-0.25, -0.2) is 0 Å². The summed E-state index contributed by atoms with van der Waals surface area (Å²) >= 11 is 0. The van der Waals surface area contributed by atoms with Gasteiger partial charge in [0.1, 0.15) is 0 Å². The van der Waals surface area contributed by atoms with E-state index >= 15 is 0 Å². The molecule has 2 heterocycles. The molecule has 7 nitrogen and oxygen atoms in total. The van der Waals surface area contributed by atoms with Gasteiger partial charge in [0, 0.05) is 58.8 Å². The third kappa shape index (κ3) is 5.94. The molecule has 2 atom stereocenters. The average Bonchev–Trinajstić information content (AvgIpc) is 3.07. The lowest BCUT2D eigenvalue weighted by molar-refractivity contribution is -0.129. The number of hydrogen-bond donors (Lipinski definition) is 2. The van der Waals surface area contributed by atoms with Crippen LogP contribution in [-0.2, 0) is 9.53 Å². The molecule has 0 radical (unpaired) electrons. The van der Waals surface area contributed by atoms with Gasteiger partial charge >= 0.3 is 0 Å². The van der Waals surface area contributed by atoms with Crippen LogP contribution in [0.25, 0.3) is 0 Å². The number of rotatable bonds is 6. The van der Waals surface area contributed by atoms with E-state index in [0.717, 1.165) is 64.9 Å². The number of nitrogens with zero attached hydrogens (tertiary/aromatic N) is 3. The smallest absolute Gasteiger partial charge is 0.222 e. The van der Waals surface area contributed by atoms with E-state index in [-0.39, 0.29) is 5.91 Å². The van der Waals surface area contributed by atoms with Gasteiger partial charge in [0.05, 0.1) is 13.2 Å². The molecule has 0 spiro atoms. The minimum Gasteiger partial charge on any atom is -0.379 e. The van der Waals surface area contributed by atoms with E-state index in [2.05, 4.69) is 27.4 Å². The molecule has 0 aromatic rings. The number of hydrogen-bond acceptors (Lipinski definition) is 4. The molecule has 2 rings (SSSR count). The maximum atomic E-state index is 11.8. The molecule has 0 aromatic heterocycles. The molecule has 2 unspecified atom stereocenters. The van der Waals surface area contributed by atoms with Crippen LogP contribution in [0.15, 0.2) is 4.99 Å². The topological polar surface area (TPSA) is 69.2 Å². The van der Waals surface area contributed by atoms with Gasteiger partial charge in [-0.15, -0.1) is 0 Å². The van der Waals surface area contributed by atoms with E-state index in [1.807, 2.05) is 11.8 Å². The Morgan fingerprint density at radius 1 is 1.33 bits per heavy atom. The standard InChI is InChI=1S/C17H33N5O2/c1-4-16(23)22-6-5-15(13-22)20-17(18-3)19-11-14(2)12-21-7-9-24-10-8-21/h14-15H,4-13H2,1-3H3,(H2,18,19,20). The first kappa shape index (κ1) is 19.0. The summed E-state index contributed by atoms with van der Waals surface area (Å²) in [6, 6.07) is 0.293. The van der Waals surface area contributed by atoms with Crippen molar-refractivity contribution < 1.29 is 9.53 Å². The molecular weight excluding hydrogens is 306 g/mol. The second-order valence-corrected chi connectivity index (χ2v) is 6.79. The SMILES string of the molecule is CCC(=O)N1CCC(NC(=NC)NCC(C)CN2CCOCC2)C1. The number of guanidine groups is 1. The molecule has 138 valence electrons. The number of aliphatic imine (C=N–C) groups is 1. The molecule has 2 fully saturated rings. The maximum Gasteiger partial charge on any atom is 0.222 e. The fraction of sp³-hybridized carbons (Fsp3) is 0.882. The maximum absolute atomic E-state index is 11.8. The number of amides is 1. The van der Waals surface area contributed by atoms with E-state index < -0.39 is 0 Å². The van der Waals surface area contributed by atoms with Crippen LogP contribution in [0.1, 0.15) is 26.7 Å². The molecule has 24 heavy (non-hydrogen) atoms. The lowest BCUT2D eigenvalue weighted by atomic mass is 10.1. The Kier molecular flexibility index (Phi) is 7.78. The Morgan fingerprint density at radius 2 is 2.08 bits per heavy atom. The van der Waals surface area contributed by atoms with Gasteiger partial charge in [-0.05, 0) is 12.3 Å². The molecular formula is C17H33N5O2. The Labute approximate surface area is 145 Å². The molecule has 2 N–H and O–H groups in total. The number of carbonyl (C=O) groups excluding carboxylic acids is 1. The number of carbonyl (C=O) groups is 1. The van der Waals surface area contributed by atoms with Gasteiger partial charge < -0.3 is 20.3 Å². The van der Waals surface area contributed by atoms with E-state index in [9.17, 15) is 4.79 Å². The van der Waals surface area contributed by atoms with Crippen LogP contribution in [0, 0.1) is 5.92 Å². The molecule has 2 aliphatic heterocycles. The Morgan fingerprint density at radius 3 is 2.75 bits per heavy atom. The van der Waals surface area contributed by atoms with Gasteiger partial charge in [0.15, 0.2) is 5.96 Å². The fourth-order valence-corrected chi connectivity index (χ4v) is 3.28. The van der Waals surface area contributed by atoms with Crippen molar-refractivity contribution in [3.05, 3.63) is 0 Å². The lowest BCUT2D eigenvalue weighted by Gasteiger charge is -2.29. The normalized spacial score (nSPS) is 24.0. The van der Waals surface area contributed by atoms with Gasteiger partial charge in [-0.3, -0.25) is 14.7 Å². The zero-order chi connectivity index (χ0) is 17.4. The summed E-state index contributed by atoms with van der Waals surface area (Å²) in [6.45, 7) is 11.5. The molecule has 0 saturated carbocycles. The average molecular weight is 339 g/mol. The van der Waals surface area contributed by atoms with Crippen LogP contribution in [0.5, 0.6) is 0 Å². The van der Waals surface area contributed by atoms with Crippen molar-refractivity contribution in [3.63, 3.8) is 0 Å². The first-order valence-corrected chi connectivity index (χ1v) is 9.17. The van der Waals surface area contributed by atoms with E-state index in [1.165, 1.54) is 0 Å². The second kappa shape index (κ2) is 9.84. The second-order valence-electron chi connectivity index (χ2n) is 6.79. The monoisotopic (exact) mass is 339 g/mol. The minimum absolute atomic E-state index is 0.237. The number of likely N-dealkylation sites (tertiary alicyclic amines) is 1. The molecule has 1 amide bonds. The minimum atomic E-state index is 0.237. The number of ether oxygens (including phenoxy) is 1. The van der Waals surface area contributed by atoms with Crippen molar-refractivity contribution in [3.8, 4) is 0 Å². The Balaban J connectivity index is 1.67. The first-order chi connectivity index (χ1) is 11.6. The predicted octanol–water partition coefficient (Wildman–Crippen LogP) is 0.131. The lowest BCUT2D eigenvalue weighted by Crippen LogP contribution is -2.47. The quantitative estimate of drug-likeness (QED) is 0.532. The van der Waals surface area contributed by atoms with Gasteiger partial charge in [-0.1, -0.05) is 13.8 Å². The summed E-state index contributed by atoms with van der Waals surface area (Å²) in [7, 11) is 1.80. The van der Waals surface area contributed by atoms with Crippen molar-refractivity contribution >= 4 is 11.9 Å². The molecule has 7 heteroatoms. The molecule has 0 bridgehead atoms. The van der Waals surface area contributed by atoms with E-state index in [0.29, 0.717) is 18.4 Å². The highest BCUT2D eigenvalue weighted by Gasteiger charge is 2.25. The van der Waals surface area contributed by atoms with Crippen LogP contribution in [0.2, 0.25) is 0 Å². The largest absolute Gasteiger partial charge is 0.379 e. The van der Waals surface area contributed by atoms with E-state index in [1.54, 1.807) is 7.05 Å². The van der Waals surface area contributed by atoms with Crippen molar-refractivity contribution in [2.45, 2.75) is 32.7 Å². The van der Waals surface area contributed by atoms with E-state index in [4.69, 9.17) is 4.74 Å². The summed E-state index contributed by atoms with van der Waals surface area (Å²) in [5.41, 5.74) is 0. The number of nitrogens with one attached hydrogen (secondary N) is 2. The zero-order valence-corrected chi connectivity index (χ0v) is 15.4. The highest BCUT2D eigenvalue weighted by atomic mass is 16.5. The Bertz CT molecular complexity index is 423. The van der Waals surface area contributed by atoms with Crippen LogP contribution < -0.4 is 10.6 Å². The van der Waals surface area contributed by atoms with Crippen LogP contribution in [0.4, 0.5) is 0 Å². The van der Waals surface area contributed by atoms with Crippen LogP contribution >= 0.6 is 0 Å². The molecule has 2 aliphatic rings. The fourth-order valence-electron chi connectivity index (χ4n) is 3.28. The van der Waals surface area contributed by atoms with Crippen molar-refractivity contribution in [1.82, 2.24) is 20.4 Å². The molecule has 0 aromatic carbocycles. The van der Waals surface area contributed by atoms with Gasteiger partial charge in [0.25, 0.3) is 0 Å². The van der Waals surface area contributed by atoms with Crippen molar-refractivity contribution in [2.75, 3.05) is 59.5 Å². The zero-order valence-electron chi connectivity index (χ0n) is 15.4. The molecule has 0 aliphatic carbocycles. The summed E-state index contributed by atoms with van der Waals surface area (Å²) in [6.07, 6.45) is 1.56. The first-order valence-electron chi connectivity index (χ1n) is 9.17. The van der Waals surface area contributed by atoms with Crippen molar-refractivity contribution in [1.29, 1.82) is 0 Å². The highest BCUT2D eigenvalue weighted by molar-refractivity contribution is 5.80. The number of morpholine rings is 1. The molecule has 2 saturated heterocycles. The summed E-state index contributed by atoms with van der Waals surface area (Å²) in [5.74, 6) is 1.62. The highest BCUT2D eigenvalue weighted by Crippen LogP contribution is 2.10. The summed E-state index contributed by atoms with van der Waals surface area (Å²) < 4.78 is 5.39.